The smallest absolute Gasteiger partial charge is 0.115 e. The highest BCUT2D eigenvalue weighted by Gasteiger charge is 2.22. The van der Waals surface area contributed by atoms with Gasteiger partial charge in [0.2, 0.25) is 0 Å². The van der Waals surface area contributed by atoms with E-state index in [1.807, 2.05) is 0 Å². The zero-order valence-corrected chi connectivity index (χ0v) is 18.0. The van der Waals surface area contributed by atoms with Crippen LogP contribution >= 0.6 is 11.9 Å². The molecule has 1 heterocycles. The van der Waals surface area contributed by atoms with Crippen molar-refractivity contribution in [2.24, 2.45) is 0 Å². The molecule has 3 rings (SSSR count). The van der Waals surface area contributed by atoms with E-state index in [4.69, 9.17) is 4.98 Å². The Morgan fingerprint density at radius 3 is 2.37 bits per heavy atom. The van der Waals surface area contributed by atoms with Crippen LogP contribution in [-0.2, 0) is 12.0 Å². The van der Waals surface area contributed by atoms with E-state index in [0.29, 0.717) is 0 Å². The molecule has 3 aromatic rings. The first-order valence-corrected chi connectivity index (χ1v) is 10.4. The van der Waals surface area contributed by atoms with Crippen molar-refractivity contribution in [2.45, 2.75) is 51.5 Å². The molecule has 0 aliphatic rings. The molecule has 0 radical (unpaired) electrons. The molecule has 0 fully saturated rings. The van der Waals surface area contributed by atoms with Gasteiger partial charge in [-0.2, -0.15) is 0 Å². The van der Waals surface area contributed by atoms with E-state index in [-0.39, 0.29) is 5.41 Å². The second kappa shape index (κ2) is 7.85. The minimum atomic E-state index is 0.0319. The zero-order valence-electron chi connectivity index (χ0n) is 17.2. The average Bonchev–Trinajstić information content (AvgIpc) is 3.01. The third-order valence-corrected chi connectivity index (χ3v) is 5.53. The summed E-state index contributed by atoms with van der Waals surface area (Å²) in [4.78, 5) is 6.17. The van der Waals surface area contributed by atoms with Gasteiger partial charge in [-0.15, -0.1) is 0 Å². The maximum Gasteiger partial charge on any atom is 0.115 e. The van der Waals surface area contributed by atoms with E-state index in [1.54, 1.807) is 11.9 Å². The van der Waals surface area contributed by atoms with Gasteiger partial charge in [0.1, 0.15) is 5.82 Å². The van der Waals surface area contributed by atoms with E-state index in [2.05, 4.69) is 98.3 Å². The highest BCUT2D eigenvalue weighted by Crippen LogP contribution is 2.32. The first-order valence-electron chi connectivity index (χ1n) is 9.60. The van der Waals surface area contributed by atoms with Crippen LogP contribution < -0.4 is 9.62 Å². The van der Waals surface area contributed by atoms with Crippen LogP contribution in [0.4, 0.5) is 11.4 Å². The minimum Gasteiger partial charge on any atom is -0.385 e. The van der Waals surface area contributed by atoms with E-state index >= 15 is 0 Å². The Hall–Kier alpha value is -2.14. The average molecular weight is 383 g/mol. The van der Waals surface area contributed by atoms with E-state index < -0.39 is 0 Å². The molecule has 0 aliphatic heterocycles. The predicted molar refractivity (Wildman–Crippen MR) is 119 cm³/mol. The molecule has 0 aliphatic carbocycles. The van der Waals surface area contributed by atoms with Crippen molar-refractivity contribution in [3.63, 3.8) is 0 Å². The standard InChI is InChI=1S/C22H30N4S/c1-7-23-16-9-12-18(13-10-16)27-25(6)17-11-14-20-19(15-17)24-21(22(3,4)5)26(20)8-2/h9-15,23H,7-8H2,1-6H3. The number of hydrogen-bond acceptors (Lipinski definition) is 4. The van der Waals surface area contributed by atoms with Gasteiger partial charge in [-0.05, 0) is 68.3 Å². The summed E-state index contributed by atoms with van der Waals surface area (Å²) in [7, 11) is 2.10. The molecule has 0 saturated heterocycles. The third-order valence-electron chi connectivity index (χ3n) is 4.56. The highest BCUT2D eigenvalue weighted by atomic mass is 32.2. The Morgan fingerprint density at radius 1 is 1.07 bits per heavy atom. The van der Waals surface area contributed by atoms with E-state index in [9.17, 15) is 0 Å². The molecule has 144 valence electrons. The van der Waals surface area contributed by atoms with Crippen LogP contribution in [0.1, 0.15) is 40.4 Å². The monoisotopic (exact) mass is 382 g/mol. The number of nitrogens with zero attached hydrogens (tertiary/aromatic N) is 3. The highest BCUT2D eigenvalue weighted by molar-refractivity contribution is 8.00. The Bertz CT molecular complexity index is 906. The summed E-state index contributed by atoms with van der Waals surface area (Å²) < 4.78 is 4.52. The summed E-state index contributed by atoms with van der Waals surface area (Å²) in [5.41, 5.74) is 4.62. The van der Waals surface area contributed by atoms with Gasteiger partial charge in [0.05, 0.1) is 11.0 Å². The number of rotatable bonds is 6. The normalized spacial score (nSPS) is 11.8. The molecular weight excluding hydrogens is 352 g/mol. The fourth-order valence-corrected chi connectivity index (χ4v) is 4.05. The molecule has 27 heavy (non-hydrogen) atoms. The van der Waals surface area contributed by atoms with Crippen molar-refractivity contribution < 1.29 is 0 Å². The summed E-state index contributed by atoms with van der Waals surface area (Å²) in [6, 6.07) is 15.1. The first-order chi connectivity index (χ1) is 12.8. The van der Waals surface area contributed by atoms with Gasteiger partial charge in [0, 0.05) is 41.8 Å². The van der Waals surface area contributed by atoms with Crippen molar-refractivity contribution in [1.29, 1.82) is 0 Å². The second-order valence-corrected chi connectivity index (χ2v) is 8.95. The van der Waals surface area contributed by atoms with Crippen LogP contribution in [0.25, 0.3) is 11.0 Å². The Morgan fingerprint density at radius 2 is 1.78 bits per heavy atom. The van der Waals surface area contributed by atoms with E-state index in [0.717, 1.165) is 35.8 Å². The summed E-state index contributed by atoms with van der Waals surface area (Å²) in [5.74, 6) is 1.14. The van der Waals surface area contributed by atoms with Gasteiger partial charge >= 0.3 is 0 Å². The van der Waals surface area contributed by atoms with Gasteiger partial charge in [-0.1, -0.05) is 20.8 Å². The van der Waals surface area contributed by atoms with Gasteiger partial charge in [-0.3, -0.25) is 0 Å². The fraction of sp³-hybridized carbons (Fsp3) is 0.409. The summed E-state index contributed by atoms with van der Waals surface area (Å²) >= 11 is 1.73. The number of benzene rings is 2. The summed E-state index contributed by atoms with van der Waals surface area (Å²) in [6.45, 7) is 12.8. The number of hydrogen-bond donors (Lipinski definition) is 1. The molecule has 5 heteroatoms. The van der Waals surface area contributed by atoms with Gasteiger partial charge < -0.3 is 14.2 Å². The van der Waals surface area contributed by atoms with Crippen LogP contribution in [0.3, 0.4) is 0 Å². The lowest BCUT2D eigenvalue weighted by molar-refractivity contribution is 0.512. The minimum absolute atomic E-state index is 0.0319. The summed E-state index contributed by atoms with van der Waals surface area (Å²) in [6.07, 6.45) is 0. The SMILES string of the molecule is CCNc1ccc(SN(C)c2ccc3c(c2)nc(C(C)(C)C)n3CC)cc1. The van der Waals surface area contributed by atoms with Crippen molar-refractivity contribution in [1.82, 2.24) is 9.55 Å². The molecule has 0 amide bonds. The van der Waals surface area contributed by atoms with Crippen molar-refractivity contribution in [3.8, 4) is 0 Å². The number of nitrogens with one attached hydrogen (secondary N) is 1. The van der Waals surface area contributed by atoms with Crippen LogP contribution in [0, 0.1) is 0 Å². The number of imidazole rings is 1. The quantitative estimate of drug-likeness (QED) is 0.536. The Labute approximate surface area is 167 Å². The zero-order chi connectivity index (χ0) is 19.6. The molecule has 0 bridgehead atoms. The maximum atomic E-state index is 4.96. The molecular formula is C22H30N4S. The number of aromatic nitrogens is 2. The summed E-state index contributed by atoms with van der Waals surface area (Å²) in [5, 5.41) is 3.33. The molecule has 4 nitrogen and oxygen atoms in total. The van der Waals surface area contributed by atoms with Crippen LogP contribution in [-0.4, -0.2) is 23.1 Å². The Balaban J connectivity index is 1.85. The predicted octanol–water partition coefficient (Wildman–Crippen LogP) is 5.93. The Kier molecular flexibility index (Phi) is 5.70. The third kappa shape index (κ3) is 4.24. The first kappa shape index (κ1) is 19.6. The molecule has 1 aromatic heterocycles. The van der Waals surface area contributed by atoms with Crippen molar-refractivity contribution in [3.05, 3.63) is 48.3 Å². The second-order valence-electron chi connectivity index (χ2n) is 7.75. The van der Waals surface area contributed by atoms with Crippen molar-refractivity contribution >= 4 is 34.4 Å². The van der Waals surface area contributed by atoms with E-state index in [1.165, 1.54) is 10.4 Å². The molecule has 2 aromatic carbocycles. The van der Waals surface area contributed by atoms with Gasteiger partial charge in [0.15, 0.2) is 0 Å². The van der Waals surface area contributed by atoms with Crippen LogP contribution in [0.2, 0.25) is 0 Å². The molecule has 0 atom stereocenters. The lowest BCUT2D eigenvalue weighted by Gasteiger charge is -2.19. The topological polar surface area (TPSA) is 33.1 Å². The van der Waals surface area contributed by atoms with Gasteiger partial charge in [-0.25, -0.2) is 4.98 Å². The molecule has 1 N–H and O–H groups in total. The fourth-order valence-electron chi connectivity index (χ4n) is 3.26. The maximum absolute atomic E-state index is 4.96. The van der Waals surface area contributed by atoms with Crippen molar-refractivity contribution in [2.75, 3.05) is 23.2 Å². The lowest BCUT2D eigenvalue weighted by atomic mass is 9.96. The molecule has 0 unspecified atom stereocenters. The van der Waals surface area contributed by atoms with Crippen LogP contribution in [0.5, 0.6) is 0 Å². The molecule has 0 spiro atoms. The number of anilines is 2. The number of aryl methyl sites for hydroxylation is 1. The lowest BCUT2D eigenvalue weighted by Crippen LogP contribution is -2.18. The largest absolute Gasteiger partial charge is 0.385 e. The molecule has 0 saturated carbocycles. The number of fused-ring (bicyclic) bond motifs is 1. The van der Waals surface area contributed by atoms with Gasteiger partial charge in [0.25, 0.3) is 0 Å². The van der Waals surface area contributed by atoms with Crippen LogP contribution in [0.15, 0.2) is 47.4 Å².